The molecule has 1 N–H and O–H groups in total. The van der Waals surface area contributed by atoms with Crippen LogP contribution in [0.2, 0.25) is 10.0 Å². The van der Waals surface area contributed by atoms with Crippen LogP contribution >= 0.6 is 23.2 Å². The minimum Gasteiger partial charge on any atom is -0.454 e. The Morgan fingerprint density at radius 1 is 1.05 bits per heavy atom. The molecule has 0 aliphatic carbocycles. The molecule has 3 rings (SSSR count). The quantitative estimate of drug-likeness (QED) is 0.394. The predicted molar refractivity (Wildman–Crippen MR) is 148 cm³/mol. The number of sulfonamides is 1. The summed E-state index contributed by atoms with van der Waals surface area (Å²) < 4.78 is 37.0. The van der Waals surface area contributed by atoms with Crippen molar-refractivity contribution in [1.29, 1.82) is 0 Å². The molecule has 1 aliphatic heterocycles. The first kappa shape index (κ1) is 29.9. The molecule has 0 bridgehead atoms. The van der Waals surface area contributed by atoms with Crippen LogP contribution in [0.15, 0.2) is 36.4 Å². The van der Waals surface area contributed by atoms with E-state index in [1.807, 2.05) is 13.8 Å². The highest BCUT2D eigenvalue weighted by Crippen LogP contribution is 2.36. The smallest absolute Gasteiger partial charge is 0.242 e. The van der Waals surface area contributed by atoms with Crippen LogP contribution in [-0.2, 0) is 26.2 Å². The van der Waals surface area contributed by atoms with Gasteiger partial charge in [0, 0.05) is 42.2 Å². The van der Waals surface area contributed by atoms with E-state index in [1.165, 1.54) is 9.21 Å². The Morgan fingerprint density at radius 3 is 2.42 bits per heavy atom. The standard InChI is InChI=1S/C26H33Cl2N3O6S/c1-17(2)14-29-26(33)18(3)30(15-19-7-8-20(27)12-22(19)28)25(32)6-5-11-31(38(4,34)35)21-9-10-23-24(13-21)37-16-36-23/h7-10,12-13,17-18H,5-6,11,14-16H2,1-4H3,(H,29,33). The fourth-order valence-electron chi connectivity index (χ4n) is 3.91. The first-order chi connectivity index (χ1) is 17.9. The highest BCUT2D eigenvalue weighted by Gasteiger charge is 2.28. The number of benzene rings is 2. The van der Waals surface area contributed by atoms with E-state index in [9.17, 15) is 18.0 Å². The molecule has 0 saturated heterocycles. The van der Waals surface area contributed by atoms with Crippen LogP contribution in [0.4, 0.5) is 5.69 Å². The molecule has 1 unspecified atom stereocenters. The first-order valence-electron chi connectivity index (χ1n) is 12.2. The molecule has 9 nitrogen and oxygen atoms in total. The van der Waals surface area contributed by atoms with Crippen LogP contribution in [0.25, 0.3) is 0 Å². The summed E-state index contributed by atoms with van der Waals surface area (Å²) in [5, 5.41) is 3.71. The van der Waals surface area contributed by atoms with Gasteiger partial charge in [0.2, 0.25) is 28.6 Å². The lowest BCUT2D eigenvalue weighted by Gasteiger charge is -2.30. The van der Waals surface area contributed by atoms with Gasteiger partial charge >= 0.3 is 0 Å². The Labute approximate surface area is 234 Å². The molecule has 0 saturated carbocycles. The van der Waals surface area contributed by atoms with Gasteiger partial charge in [-0.25, -0.2) is 8.42 Å². The van der Waals surface area contributed by atoms with Gasteiger partial charge in [0.15, 0.2) is 11.5 Å². The van der Waals surface area contributed by atoms with E-state index in [0.717, 1.165) is 6.26 Å². The Morgan fingerprint density at radius 2 is 1.76 bits per heavy atom. The van der Waals surface area contributed by atoms with Crippen molar-refractivity contribution in [3.63, 3.8) is 0 Å². The summed E-state index contributed by atoms with van der Waals surface area (Å²) in [6.45, 7) is 6.34. The normalized spacial score (nSPS) is 13.3. The molecule has 38 heavy (non-hydrogen) atoms. The number of nitrogens with one attached hydrogen (secondary N) is 1. The zero-order chi connectivity index (χ0) is 28.0. The maximum atomic E-state index is 13.4. The molecule has 1 atom stereocenters. The molecule has 0 radical (unpaired) electrons. The van der Waals surface area contributed by atoms with Crippen LogP contribution in [0, 0.1) is 5.92 Å². The molecule has 1 heterocycles. The van der Waals surface area contributed by atoms with E-state index in [-0.39, 0.29) is 50.5 Å². The van der Waals surface area contributed by atoms with Crippen LogP contribution < -0.4 is 19.1 Å². The van der Waals surface area contributed by atoms with Crippen LogP contribution in [0.1, 0.15) is 39.2 Å². The number of carbonyl (C=O) groups is 2. The average Bonchev–Trinajstić information content (AvgIpc) is 3.31. The third kappa shape index (κ3) is 7.91. The van der Waals surface area contributed by atoms with Gasteiger partial charge in [0.05, 0.1) is 11.9 Å². The van der Waals surface area contributed by atoms with Gasteiger partial charge in [-0.15, -0.1) is 0 Å². The highest BCUT2D eigenvalue weighted by atomic mass is 35.5. The van der Waals surface area contributed by atoms with Crippen LogP contribution in [0.3, 0.4) is 0 Å². The number of nitrogens with zero attached hydrogens (tertiary/aromatic N) is 2. The second-order valence-corrected chi connectivity index (χ2v) is 12.3. The summed E-state index contributed by atoms with van der Waals surface area (Å²) in [6.07, 6.45) is 1.35. The van der Waals surface area contributed by atoms with E-state index in [0.29, 0.717) is 39.3 Å². The molecule has 0 spiro atoms. The number of hydrogen-bond donors (Lipinski definition) is 1. The van der Waals surface area contributed by atoms with Gasteiger partial charge in [0.1, 0.15) is 6.04 Å². The summed E-state index contributed by atoms with van der Waals surface area (Å²) in [5.41, 5.74) is 1.06. The first-order valence-corrected chi connectivity index (χ1v) is 14.9. The van der Waals surface area contributed by atoms with Gasteiger partial charge in [-0.05, 0) is 49.1 Å². The van der Waals surface area contributed by atoms with E-state index in [4.69, 9.17) is 32.7 Å². The summed E-state index contributed by atoms with van der Waals surface area (Å²) in [6, 6.07) is 9.08. The number of rotatable bonds is 12. The van der Waals surface area contributed by atoms with Gasteiger partial charge in [-0.1, -0.05) is 43.1 Å². The second-order valence-electron chi connectivity index (χ2n) is 9.55. The molecule has 208 valence electrons. The zero-order valence-corrected chi connectivity index (χ0v) is 24.2. The largest absolute Gasteiger partial charge is 0.454 e. The Hall–Kier alpha value is -2.69. The van der Waals surface area contributed by atoms with Gasteiger partial charge < -0.3 is 19.7 Å². The highest BCUT2D eigenvalue weighted by molar-refractivity contribution is 7.92. The number of fused-ring (bicyclic) bond motifs is 1. The number of carbonyl (C=O) groups excluding carboxylic acids is 2. The summed E-state index contributed by atoms with van der Waals surface area (Å²) in [7, 11) is -3.64. The predicted octanol–water partition coefficient (Wildman–Crippen LogP) is 4.46. The lowest BCUT2D eigenvalue weighted by atomic mass is 10.1. The molecule has 2 aromatic carbocycles. The van der Waals surface area contributed by atoms with Crippen molar-refractivity contribution >= 4 is 50.7 Å². The van der Waals surface area contributed by atoms with E-state index < -0.39 is 16.1 Å². The lowest BCUT2D eigenvalue weighted by Crippen LogP contribution is -2.48. The average molecular weight is 587 g/mol. The molecular weight excluding hydrogens is 553 g/mol. The molecule has 1 aliphatic rings. The van der Waals surface area contributed by atoms with Gasteiger partial charge in [-0.2, -0.15) is 0 Å². The maximum absolute atomic E-state index is 13.4. The summed E-state index contributed by atoms with van der Waals surface area (Å²) >= 11 is 12.4. The Kier molecular flexibility index (Phi) is 10.1. The number of halogens is 2. The fraction of sp³-hybridized carbons (Fsp3) is 0.462. The van der Waals surface area contributed by atoms with Crippen molar-refractivity contribution in [2.75, 3.05) is 30.4 Å². The molecular formula is C26H33Cl2N3O6S. The second kappa shape index (κ2) is 12.9. The third-order valence-electron chi connectivity index (χ3n) is 6.00. The Balaban J connectivity index is 1.75. The number of anilines is 1. The minimum absolute atomic E-state index is 0.0174. The van der Waals surface area contributed by atoms with Gasteiger partial charge in [-0.3, -0.25) is 13.9 Å². The minimum atomic E-state index is -3.64. The topological polar surface area (TPSA) is 105 Å². The zero-order valence-electron chi connectivity index (χ0n) is 21.9. The fourth-order valence-corrected chi connectivity index (χ4v) is 5.34. The van der Waals surface area contributed by atoms with Crippen LogP contribution in [-0.4, -0.2) is 57.3 Å². The summed E-state index contributed by atoms with van der Waals surface area (Å²) in [5.74, 6) is 0.662. The molecule has 2 aromatic rings. The van der Waals surface area contributed by atoms with Crippen molar-refractivity contribution in [2.45, 2.75) is 46.2 Å². The van der Waals surface area contributed by atoms with Crippen molar-refractivity contribution in [2.24, 2.45) is 5.92 Å². The van der Waals surface area contributed by atoms with Crippen LogP contribution in [0.5, 0.6) is 11.5 Å². The molecule has 0 aromatic heterocycles. The van der Waals surface area contributed by atoms with Crippen molar-refractivity contribution in [3.05, 3.63) is 52.0 Å². The maximum Gasteiger partial charge on any atom is 0.242 e. The number of ether oxygens (including phenoxy) is 2. The van der Waals surface area contributed by atoms with Gasteiger partial charge in [0.25, 0.3) is 0 Å². The molecule has 2 amide bonds. The van der Waals surface area contributed by atoms with E-state index in [2.05, 4.69) is 5.32 Å². The monoisotopic (exact) mass is 585 g/mol. The van der Waals surface area contributed by atoms with Crippen molar-refractivity contribution in [1.82, 2.24) is 10.2 Å². The number of amides is 2. The van der Waals surface area contributed by atoms with Crippen molar-refractivity contribution in [3.8, 4) is 11.5 Å². The number of hydrogen-bond acceptors (Lipinski definition) is 6. The molecule has 12 heteroatoms. The van der Waals surface area contributed by atoms with Crippen molar-refractivity contribution < 1.29 is 27.5 Å². The SMILES string of the molecule is CC(C)CNC(=O)C(C)N(Cc1ccc(Cl)cc1Cl)C(=O)CCCN(c1ccc2c(c1)OCO2)S(C)(=O)=O. The summed E-state index contributed by atoms with van der Waals surface area (Å²) in [4.78, 5) is 27.7. The third-order valence-corrected chi connectivity index (χ3v) is 7.78. The Bertz CT molecular complexity index is 1270. The molecule has 0 fully saturated rings. The van der Waals surface area contributed by atoms with E-state index >= 15 is 0 Å². The van der Waals surface area contributed by atoms with E-state index in [1.54, 1.807) is 43.3 Å². The lowest BCUT2D eigenvalue weighted by molar-refractivity contribution is -0.140.